The summed E-state index contributed by atoms with van der Waals surface area (Å²) < 4.78 is 55.5. The van der Waals surface area contributed by atoms with Crippen molar-refractivity contribution in [2.75, 3.05) is 6.61 Å². The minimum Gasteiger partial charge on any atom is -0.393 e. The van der Waals surface area contributed by atoms with Gasteiger partial charge in [0.1, 0.15) is 5.60 Å². The molecule has 0 spiro atoms. The summed E-state index contributed by atoms with van der Waals surface area (Å²) in [6.45, 7) is -1.26. The number of alkyl halides is 1. The number of aliphatic hydroxyl groups is 2. The highest BCUT2D eigenvalue weighted by Crippen LogP contribution is 2.45. The van der Waals surface area contributed by atoms with E-state index in [-0.39, 0.29) is 23.2 Å². The van der Waals surface area contributed by atoms with Gasteiger partial charge in [0.05, 0.1) is 12.3 Å². The highest BCUT2D eigenvalue weighted by molar-refractivity contribution is 5.87. The molecule has 1 unspecified atom stereocenters. The normalized spacial score (nSPS) is 24.4. The predicted octanol–water partition coefficient (Wildman–Crippen LogP) is 1.95. The van der Waals surface area contributed by atoms with Crippen molar-refractivity contribution in [1.82, 2.24) is 10.3 Å². The number of halogens is 4. The van der Waals surface area contributed by atoms with E-state index in [1.807, 2.05) is 0 Å². The fourth-order valence-corrected chi connectivity index (χ4v) is 3.14. The lowest BCUT2D eigenvalue weighted by molar-refractivity contribution is -0.138. The number of aliphatic hydroxyl groups excluding tert-OH is 1. The number of benzene rings is 1. The Hall–Kier alpha value is -2.52. The number of aromatic nitrogens is 1. The predicted molar refractivity (Wildman–Crippen MR) is 85.4 cm³/mol. The maximum atomic E-state index is 15.5. The highest BCUT2D eigenvalue weighted by atomic mass is 19.2. The Morgan fingerprint density at radius 1 is 1.19 bits per heavy atom. The molecule has 1 heterocycles. The topological polar surface area (TPSA) is 82.5 Å². The lowest BCUT2D eigenvalue weighted by Crippen LogP contribution is -2.49. The van der Waals surface area contributed by atoms with Crippen LogP contribution in [0, 0.1) is 17.5 Å². The van der Waals surface area contributed by atoms with Crippen molar-refractivity contribution in [2.45, 2.75) is 30.7 Å². The van der Waals surface area contributed by atoms with E-state index in [4.69, 9.17) is 0 Å². The molecule has 3 rings (SSSR count). The van der Waals surface area contributed by atoms with Crippen molar-refractivity contribution < 1.29 is 32.6 Å². The second-order valence-corrected chi connectivity index (χ2v) is 6.41. The number of hydrogen-bond acceptors (Lipinski definition) is 4. The maximum absolute atomic E-state index is 15.5. The maximum Gasteiger partial charge on any atom is 0.262 e. The van der Waals surface area contributed by atoms with Gasteiger partial charge in [-0.05, 0) is 25.0 Å². The molecular formula is C18H16F4N2O3. The molecule has 3 N–H and O–H groups in total. The van der Waals surface area contributed by atoms with Crippen LogP contribution in [-0.2, 0) is 22.6 Å². The fraction of sp³-hybridized carbons (Fsp3) is 0.333. The zero-order chi connectivity index (χ0) is 19.8. The van der Waals surface area contributed by atoms with Crippen LogP contribution in [-0.4, -0.2) is 27.7 Å². The van der Waals surface area contributed by atoms with Crippen molar-refractivity contribution in [3.63, 3.8) is 0 Å². The third kappa shape index (κ3) is 3.17. The number of rotatable bonds is 4. The molecule has 0 bridgehead atoms. The summed E-state index contributed by atoms with van der Waals surface area (Å²) in [7, 11) is 0. The fourth-order valence-electron chi connectivity index (χ4n) is 3.14. The Morgan fingerprint density at radius 3 is 2.63 bits per heavy atom. The van der Waals surface area contributed by atoms with Gasteiger partial charge >= 0.3 is 0 Å². The zero-order valence-corrected chi connectivity index (χ0v) is 14.0. The van der Waals surface area contributed by atoms with Crippen LogP contribution >= 0.6 is 0 Å². The molecule has 0 fully saturated rings. The first-order valence-corrected chi connectivity index (χ1v) is 8.12. The standard InChI is InChI=1S/C18H16F4N2O3/c19-12-4-3-10(13(20)14(12)21)8-24-16(26)18(22)6-5-17(27,9-25)15-11(18)2-1-7-23-15/h1-4,7,25,27H,5-6,8-9H2,(H,24,26)/t17?,18-/m0/s1. The van der Waals surface area contributed by atoms with Crippen LogP contribution in [0.3, 0.4) is 0 Å². The second kappa shape index (κ2) is 6.90. The molecule has 1 aliphatic rings. The summed E-state index contributed by atoms with van der Waals surface area (Å²) in [5.41, 5.74) is -5.08. The summed E-state index contributed by atoms with van der Waals surface area (Å²) in [6.07, 6.45) is 0.575. The zero-order valence-electron chi connectivity index (χ0n) is 14.0. The van der Waals surface area contributed by atoms with Gasteiger partial charge in [-0.25, -0.2) is 17.6 Å². The van der Waals surface area contributed by atoms with Gasteiger partial charge in [0.15, 0.2) is 17.5 Å². The Morgan fingerprint density at radius 2 is 1.93 bits per heavy atom. The number of nitrogens with zero attached hydrogens (tertiary/aromatic N) is 1. The summed E-state index contributed by atoms with van der Waals surface area (Å²) in [4.78, 5) is 16.4. The minimum atomic E-state index is -2.58. The molecule has 0 saturated carbocycles. The van der Waals surface area contributed by atoms with Gasteiger partial charge in [-0.2, -0.15) is 0 Å². The SMILES string of the molecule is O=C(NCc1ccc(F)c(F)c1F)[C@]1(F)CCC(O)(CO)c2ncccc21. The van der Waals surface area contributed by atoms with Crippen LogP contribution in [0.2, 0.25) is 0 Å². The molecule has 1 amide bonds. The summed E-state index contributed by atoms with van der Waals surface area (Å²) in [5, 5.41) is 22.0. The smallest absolute Gasteiger partial charge is 0.262 e. The lowest BCUT2D eigenvalue weighted by atomic mass is 9.74. The second-order valence-electron chi connectivity index (χ2n) is 6.41. The first-order chi connectivity index (χ1) is 12.7. The van der Waals surface area contributed by atoms with Gasteiger partial charge in [0, 0.05) is 23.9 Å². The Bertz CT molecular complexity index is 895. The molecule has 0 saturated heterocycles. The van der Waals surface area contributed by atoms with Crippen molar-refractivity contribution in [1.29, 1.82) is 0 Å². The molecular weight excluding hydrogens is 368 g/mol. The molecule has 1 aliphatic carbocycles. The number of carbonyl (C=O) groups is 1. The Balaban J connectivity index is 1.87. The molecule has 27 heavy (non-hydrogen) atoms. The summed E-state index contributed by atoms with van der Waals surface area (Å²) >= 11 is 0. The van der Waals surface area contributed by atoms with Crippen LogP contribution in [0.25, 0.3) is 0 Å². The van der Waals surface area contributed by atoms with Crippen LogP contribution < -0.4 is 5.32 Å². The summed E-state index contributed by atoms with van der Waals surface area (Å²) in [6, 6.07) is 4.28. The van der Waals surface area contributed by atoms with Crippen LogP contribution in [0.4, 0.5) is 17.6 Å². The van der Waals surface area contributed by atoms with E-state index in [1.165, 1.54) is 18.3 Å². The van der Waals surface area contributed by atoms with Crippen LogP contribution in [0.15, 0.2) is 30.5 Å². The lowest BCUT2D eigenvalue weighted by Gasteiger charge is -2.38. The van der Waals surface area contributed by atoms with Crippen LogP contribution in [0.1, 0.15) is 29.7 Å². The molecule has 2 atom stereocenters. The van der Waals surface area contributed by atoms with E-state index in [0.717, 1.165) is 6.07 Å². The number of pyridine rings is 1. The number of hydrogen-bond donors (Lipinski definition) is 3. The molecule has 1 aromatic heterocycles. The molecule has 9 heteroatoms. The minimum absolute atomic E-state index is 0.157. The largest absolute Gasteiger partial charge is 0.393 e. The van der Waals surface area contributed by atoms with Gasteiger partial charge in [0.25, 0.3) is 5.91 Å². The molecule has 144 valence electrons. The van der Waals surface area contributed by atoms with E-state index in [1.54, 1.807) is 0 Å². The third-order valence-electron chi connectivity index (χ3n) is 4.73. The molecule has 2 aromatic rings. The van der Waals surface area contributed by atoms with Gasteiger partial charge < -0.3 is 15.5 Å². The molecule has 0 radical (unpaired) electrons. The third-order valence-corrected chi connectivity index (χ3v) is 4.73. The van der Waals surface area contributed by atoms with Crippen molar-refractivity contribution >= 4 is 5.91 Å². The Labute approximate surface area is 151 Å². The van der Waals surface area contributed by atoms with E-state index < -0.39 is 54.2 Å². The average molecular weight is 384 g/mol. The quantitative estimate of drug-likeness (QED) is 0.556. The summed E-state index contributed by atoms with van der Waals surface area (Å²) in [5.74, 6) is -5.67. The Kier molecular flexibility index (Phi) is 4.92. The van der Waals surface area contributed by atoms with Gasteiger partial charge in [-0.15, -0.1) is 0 Å². The first kappa shape index (κ1) is 19.2. The number of fused-ring (bicyclic) bond motifs is 1. The molecule has 1 aromatic carbocycles. The van der Waals surface area contributed by atoms with E-state index in [0.29, 0.717) is 6.07 Å². The average Bonchev–Trinajstić information content (AvgIpc) is 2.68. The van der Waals surface area contributed by atoms with Crippen molar-refractivity contribution in [2.24, 2.45) is 0 Å². The van der Waals surface area contributed by atoms with Gasteiger partial charge in [-0.3, -0.25) is 9.78 Å². The van der Waals surface area contributed by atoms with E-state index in [2.05, 4.69) is 10.3 Å². The van der Waals surface area contributed by atoms with Crippen LogP contribution in [0.5, 0.6) is 0 Å². The highest BCUT2D eigenvalue weighted by Gasteiger charge is 2.51. The van der Waals surface area contributed by atoms with Gasteiger partial charge in [0.2, 0.25) is 5.67 Å². The van der Waals surface area contributed by atoms with Crippen molar-refractivity contribution in [3.05, 3.63) is 64.7 Å². The first-order valence-electron chi connectivity index (χ1n) is 8.12. The van der Waals surface area contributed by atoms with Gasteiger partial charge in [-0.1, -0.05) is 12.1 Å². The molecule has 0 aliphatic heterocycles. The number of amides is 1. The van der Waals surface area contributed by atoms with Crippen molar-refractivity contribution in [3.8, 4) is 0 Å². The van der Waals surface area contributed by atoms with E-state index >= 15 is 4.39 Å². The number of carbonyl (C=O) groups excluding carboxylic acids is 1. The number of nitrogens with one attached hydrogen (secondary N) is 1. The monoisotopic (exact) mass is 384 g/mol. The molecule has 5 nitrogen and oxygen atoms in total. The van der Waals surface area contributed by atoms with E-state index in [9.17, 15) is 28.2 Å².